The standard InChI is InChI=1S/C18H30N4O3S/c1-21(16-8-4-3-5-9-16)13-7-12-20-18(23)15-22(2)26(24,25)17-10-6-11-19-14-17/h6,10-11,14,16H,3-5,7-9,12-13,15H2,1-2H3,(H,20,23). The van der Waals surface area contributed by atoms with E-state index in [0.29, 0.717) is 12.6 Å². The Labute approximate surface area is 156 Å². The van der Waals surface area contributed by atoms with Crippen molar-refractivity contribution in [3.63, 3.8) is 0 Å². The summed E-state index contributed by atoms with van der Waals surface area (Å²) >= 11 is 0. The van der Waals surface area contributed by atoms with Crippen LogP contribution < -0.4 is 5.32 Å². The third-order valence-corrected chi connectivity index (χ3v) is 6.70. The van der Waals surface area contributed by atoms with E-state index in [9.17, 15) is 13.2 Å². The molecule has 0 radical (unpaired) electrons. The molecule has 146 valence electrons. The number of sulfonamides is 1. The van der Waals surface area contributed by atoms with E-state index in [4.69, 9.17) is 0 Å². The van der Waals surface area contributed by atoms with Crippen molar-refractivity contribution in [2.45, 2.75) is 49.5 Å². The van der Waals surface area contributed by atoms with Crippen LogP contribution in [0.1, 0.15) is 38.5 Å². The number of amides is 1. The van der Waals surface area contributed by atoms with Gasteiger partial charge in [0.2, 0.25) is 15.9 Å². The average Bonchev–Trinajstić information content (AvgIpc) is 2.66. The monoisotopic (exact) mass is 382 g/mol. The average molecular weight is 383 g/mol. The molecule has 26 heavy (non-hydrogen) atoms. The van der Waals surface area contributed by atoms with E-state index in [1.165, 1.54) is 57.6 Å². The highest BCUT2D eigenvalue weighted by Crippen LogP contribution is 2.21. The quantitative estimate of drug-likeness (QED) is 0.654. The summed E-state index contributed by atoms with van der Waals surface area (Å²) in [5.41, 5.74) is 0. The normalized spacial score (nSPS) is 16.2. The number of rotatable bonds is 9. The fourth-order valence-corrected chi connectivity index (χ4v) is 4.38. The molecule has 1 aliphatic carbocycles. The van der Waals surface area contributed by atoms with Crippen molar-refractivity contribution in [3.8, 4) is 0 Å². The van der Waals surface area contributed by atoms with E-state index >= 15 is 0 Å². The minimum absolute atomic E-state index is 0.0874. The van der Waals surface area contributed by atoms with Crippen LogP contribution in [-0.2, 0) is 14.8 Å². The van der Waals surface area contributed by atoms with E-state index in [0.717, 1.165) is 17.3 Å². The van der Waals surface area contributed by atoms with Gasteiger partial charge < -0.3 is 10.2 Å². The summed E-state index contributed by atoms with van der Waals surface area (Å²) in [4.78, 5) is 18.3. The van der Waals surface area contributed by atoms with Gasteiger partial charge in [-0.1, -0.05) is 19.3 Å². The predicted octanol–water partition coefficient (Wildman–Crippen LogP) is 1.47. The van der Waals surface area contributed by atoms with Gasteiger partial charge in [-0.3, -0.25) is 9.78 Å². The molecule has 1 heterocycles. The summed E-state index contributed by atoms with van der Waals surface area (Å²) in [6.45, 7) is 1.29. The molecule has 7 nitrogen and oxygen atoms in total. The zero-order chi connectivity index (χ0) is 19.0. The summed E-state index contributed by atoms with van der Waals surface area (Å²) < 4.78 is 25.8. The molecule has 0 bridgehead atoms. The lowest BCUT2D eigenvalue weighted by atomic mass is 9.94. The molecule has 0 atom stereocenters. The summed E-state index contributed by atoms with van der Waals surface area (Å²) in [7, 11) is -0.144. The molecule has 1 amide bonds. The molecule has 1 aromatic heterocycles. The molecule has 1 N–H and O–H groups in total. The van der Waals surface area contributed by atoms with E-state index < -0.39 is 10.0 Å². The van der Waals surface area contributed by atoms with Crippen LogP contribution in [0.25, 0.3) is 0 Å². The zero-order valence-corrected chi connectivity index (χ0v) is 16.5. The van der Waals surface area contributed by atoms with Crippen molar-refractivity contribution in [1.29, 1.82) is 0 Å². The first-order valence-electron chi connectivity index (χ1n) is 9.24. The fraction of sp³-hybridized carbons (Fsp3) is 0.667. The summed E-state index contributed by atoms with van der Waals surface area (Å²) in [6, 6.07) is 3.69. The predicted molar refractivity (Wildman–Crippen MR) is 101 cm³/mol. The van der Waals surface area contributed by atoms with Crippen LogP contribution in [0.4, 0.5) is 0 Å². The molecule has 0 aromatic carbocycles. The Morgan fingerprint density at radius 2 is 2.00 bits per heavy atom. The van der Waals surface area contributed by atoms with Crippen LogP contribution in [0.5, 0.6) is 0 Å². The largest absolute Gasteiger partial charge is 0.355 e. The first-order valence-corrected chi connectivity index (χ1v) is 10.7. The first kappa shape index (κ1) is 20.8. The van der Waals surface area contributed by atoms with Crippen LogP contribution in [0, 0.1) is 0 Å². The maximum Gasteiger partial charge on any atom is 0.244 e. The molecule has 0 aliphatic heterocycles. The fourth-order valence-electron chi connectivity index (χ4n) is 3.28. The third-order valence-electron chi connectivity index (χ3n) is 4.92. The molecule has 8 heteroatoms. The Kier molecular flexibility index (Phi) is 7.99. The summed E-state index contributed by atoms with van der Waals surface area (Å²) in [6.07, 6.45) is 10.1. The molecule has 2 rings (SSSR count). The van der Waals surface area contributed by atoms with Crippen molar-refractivity contribution in [2.24, 2.45) is 0 Å². The maximum absolute atomic E-state index is 12.4. The lowest BCUT2D eigenvalue weighted by molar-refractivity contribution is -0.121. The maximum atomic E-state index is 12.4. The second kappa shape index (κ2) is 9.99. The molecular formula is C18H30N4O3S. The molecule has 1 fully saturated rings. The van der Waals surface area contributed by atoms with E-state index in [1.807, 2.05) is 0 Å². The van der Waals surface area contributed by atoms with E-state index in [-0.39, 0.29) is 17.3 Å². The van der Waals surface area contributed by atoms with Gasteiger partial charge in [-0.15, -0.1) is 0 Å². The zero-order valence-electron chi connectivity index (χ0n) is 15.7. The highest BCUT2D eigenvalue weighted by molar-refractivity contribution is 7.89. The Balaban J connectivity index is 1.69. The molecule has 1 saturated carbocycles. The number of carbonyl (C=O) groups is 1. The Hall–Kier alpha value is -1.51. The Morgan fingerprint density at radius 3 is 2.65 bits per heavy atom. The minimum atomic E-state index is -3.69. The number of hydrogen-bond acceptors (Lipinski definition) is 5. The SMILES string of the molecule is CN(CCCNC(=O)CN(C)S(=O)(=O)c1cccnc1)C1CCCCC1. The smallest absolute Gasteiger partial charge is 0.244 e. The van der Waals surface area contributed by atoms with E-state index in [1.54, 1.807) is 6.07 Å². The number of aromatic nitrogens is 1. The second-order valence-electron chi connectivity index (χ2n) is 6.93. The van der Waals surface area contributed by atoms with Gasteiger partial charge in [0.1, 0.15) is 4.90 Å². The van der Waals surface area contributed by atoms with Crippen LogP contribution in [0.15, 0.2) is 29.4 Å². The van der Waals surface area contributed by atoms with Crippen molar-refractivity contribution in [3.05, 3.63) is 24.5 Å². The molecule has 1 aliphatic rings. The van der Waals surface area contributed by atoms with Gasteiger partial charge in [0.15, 0.2) is 0 Å². The van der Waals surface area contributed by atoms with Gasteiger partial charge in [0, 0.05) is 32.0 Å². The van der Waals surface area contributed by atoms with Crippen LogP contribution in [0.2, 0.25) is 0 Å². The van der Waals surface area contributed by atoms with Gasteiger partial charge in [-0.2, -0.15) is 4.31 Å². The molecule has 0 saturated heterocycles. The highest BCUT2D eigenvalue weighted by atomic mass is 32.2. The van der Waals surface area contributed by atoms with Gasteiger partial charge in [-0.05, 0) is 45.0 Å². The number of hydrogen-bond donors (Lipinski definition) is 1. The van der Waals surface area contributed by atoms with Crippen molar-refractivity contribution >= 4 is 15.9 Å². The van der Waals surface area contributed by atoms with Crippen LogP contribution in [-0.4, -0.2) is 68.3 Å². The van der Waals surface area contributed by atoms with Gasteiger partial charge >= 0.3 is 0 Å². The molecular weight excluding hydrogens is 352 g/mol. The van der Waals surface area contributed by atoms with Crippen LogP contribution >= 0.6 is 0 Å². The molecule has 0 unspecified atom stereocenters. The highest BCUT2D eigenvalue weighted by Gasteiger charge is 2.23. The Bertz CT molecular complexity index is 660. The number of carbonyl (C=O) groups excluding carboxylic acids is 1. The van der Waals surface area contributed by atoms with Gasteiger partial charge in [0.05, 0.1) is 6.54 Å². The van der Waals surface area contributed by atoms with Gasteiger partial charge in [-0.25, -0.2) is 8.42 Å². The van der Waals surface area contributed by atoms with Crippen LogP contribution in [0.3, 0.4) is 0 Å². The first-order chi connectivity index (χ1) is 12.4. The third kappa shape index (κ3) is 6.03. The van der Waals surface area contributed by atoms with E-state index in [2.05, 4.69) is 22.2 Å². The van der Waals surface area contributed by atoms with Crippen molar-refractivity contribution in [1.82, 2.24) is 19.5 Å². The Morgan fingerprint density at radius 1 is 1.27 bits per heavy atom. The summed E-state index contributed by atoms with van der Waals surface area (Å²) in [5, 5.41) is 2.81. The lowest BCUT2D eigenvalue weighted by Gasteiger charge is -2.31. The number of likely N-dealkylation sites (N-methyl/N-ethyl adjacent to an activating group) is 1. The number of nitrogens with one attached hydrogen (secondary N) is 1. The minimum Gasteiger partial charge on any atom is -0.355 e. The lowest BCUT2D eigenvalue weighted by Crippen LogP contribution is -2.40. The van der Waals surface area contributed by atoms with Crippen molar-refractivity contribution < 1.29 is 13.2 Å². The number of pyridine rings is 1. The second-order valence-corrected chi connectivity index (χ2v) is 8.97. The summed E-state index contributed by atoms with van der Waals surface area (Å²) in [5.74, 6) is -0.291. The molecule has 0 spiro atoms. The van der Waals surface area contributed by atoms with Crippen molar-refractivity contribution in [2.75, 3.05) is 33.7 Å². The van der Waals surface area contributed by atoms with Gasteiger partial charge in [0.25, 0.3) is 0 Å². The topological polar surface area (TPSA) is 82.6 Å². The number of nitrogens with zero attached hydrogens (tertiary/aromatic N) is 3. The molecule has 1 aromatic rings.